The highest BCUT2D eigenvalue weighted by Crippen LogP contribution is 2.41. The number of carbonyl (C=O) groups is 2. The third kappa shape index (κ3) is 3.89. The molecule has 0 saturated carbocycles. The second-order valence-electron chi connectivity index (χ2n) is 7.72. The van der Waals surface area contributed by atoms with Crippen molar-refractivity contribution < 1.29 is 19.1 Å². The van der Waals surface area contributed by atoms with Crippen molar-refractivity contribution in [3.05, 3.63) is 59.3 Å². The molecule has 2 aromatic heterocycles. The van der Waals surface area contributed by atoms with Crippen molar-refractivity contribution in [3.8, 4) is 16.6 Å². The largest absolute Gasteiger partial charge is 0.497 e. The second kappa shape index (κ2) is 8.21. The van der Waals surface area contributed by atoms with Gasteiger partial charge in [-0.15, -0.1) is 0 Å². The molecule has 4 aromatic rings. The molecule has 1 atom stereocenters. The Labute approximate surface area is 193 Å². The fourth-order valence-corrected chi connectivity index (χ4v) is 4.98. The fraction of sp³-hybridized carbons (Fsp3) is 0.217. The van der Waals surface area contributed by atoms with Crippen molar-refractivity contribution >= 4 is 39.2 Å². The van der Waals surface area contributed by atoms with Gasteiger partial charge in [0.1, 0.15) is 17.3 Å². The van der Waals surface area contributed by atoms with Gasteiger partial charge in [-0.2, -0.15) is 9.78 Å². The summed E-state index contributed by atoms with van der Waals surface area (Å²) >= 11 is 1.48. The number of aromatic nitrogens is 3. The number of rotatable bonds is 6. The summed E-state index contributed by atoms with van der Waals surface area (Å²) in [6.45, 7) is 1.75. The summed E-state index contributed by atoms with van der Waals surface area (Å²) in [5, 5.41) is 8.37. The molecule has 0 radical (unpaired) electrons. The quantitative estimate of drug-likeness (QED) is 0.453. The number of carbonyl (C=O) groups excluding carboxylic acids is 2. The Kier molecular flexibility index (Phi) is 5.21. The van der Waals surface area contributed by atoms with Crippen LogP contribution in [0.25, 0.3) is 15.3 Å². The van der Waals surface area contributed by atoms with Gasteiger partial charge in [-0.05, 0) is 42.8 Å². The summed E-state index contributed by atoms with van der Waals surface area (Å²) < 4.78 is 13.3. The zero-order chi connectivity index (χ0) is 23.1. The smallest absolute Gasteiger partial charge is 0.255 e. The molecule has 0 spiro atoms. The van der Waals surface area contributed by atoms with Crippen molar-refractivity contribution in [3.63, 3.8) is 0 Å². The van der Waals surface area contributed by atoms with Crippen LogP contribution in [0.2, 0.25) is 0 Å². The van der Waals surface area contributed by atoms with Gasteiger partial charge in [0.15, 0.2) is 6.61 Å². The molecule has 0 bridgehead atoms. The molecule has 5 rings (SSSR count). The van der Waals surface area contributed by atoms with E-state index in [1.54, 1.807) is 23.9 Å². The number of hydrogen-bond donors (Lipinski definition) is 2. The lowest BCUT2D eigenvalue weighted by atomic mass is 9.86. The number of hydrogen-bond acceptors (Lipinski definition) is 7. The van der Waals surface area contributed by atoms with Crippen LogP contribution in [0.15, 0.2) is 42.5 Å². The number of nitrogens with two attached hydrogens (primary N) is 1. The number of fused-ring (bicyclic) bond motifs is 2. The van der Waals surface area contributed by atoms with Crippen LogP contribution in [-0.4, -0.2) is 40.3 Å². The van der Waals surface area contributed by atoms with E-state index in [1.165, 1.54) is 11.3 Å². The summed E-state index contributed by atoms with van der Waals surface area (Å²) in [4.78, 5) is 28.3. The summed E-state index contributed by atoms with van der Waals surface area (Å²) in [5.41, 5.74) is 8.70. The van der Waals surface area contributed by atoms with Crippen LogP contribution in [-0.2, 0) is 9.59 Å². The average molecular weight is 464 g/mol. The predicted octanol–water partition coefficient (Wildman–Crippen LogP) is 3.14. The summed E-state index contributed by atoms with van der Waals surface area (Å²) in [5.74, 6) is 1.13. The molecule has 10 heteroatoms. The highest BCUT2D eigenvalue weighted by atomic mass is 32.1. The van der Waals surface area contributed by atoms with Gasteiger partial charge in [-0.25, -0.2) is 4.98 Å². The van der Waals surface area contributed by atoms with E-state index in [0.717, 1.165) is 32.8 Å². The Balaban J connectivity index is 1.53. The summed E-state index contributed by atoms with van der Waals surface area (Å²) in [6, 6.07) is 13.0. The number of methoxy groups -OCH3 is 1. The van der Waals surface area contributed by atoms with Crippen LogP contribution in [0.3, 0.4) is 0 Å². The van der Waals surface area contributed by atoms with Crippen molar-refractivity contribution in [1.29, 1.82) is 0 Å². The molecule has 3 heterocycles. The van der Waals surface area contributed by atoms with Crippen LogP contribution in [0.5, 0.6) is 11.5 Å². The third-order valence-electron chi connectivity index (χ3n) is 5.53. The topological polar surface area (TPSA) is 121 Å². The molecule has 2 aromatic carbocycles. The maximum absolute atomic E-state index is 12.6. The molecule has 1 aliphatic heterocycles. The molecule has 3 N–H and O–H groups in total. The van der Waals surface area contributed by atoms with Crippen molar-refractivity contribution in [2.24, 2.45) is 5.73 Å². The Morgan fingerprint density at radius 3 is 2.73 bits per heavy atom. The number of ether oxygens (including phenoxy) is 2. The minimum atomic E-state index is -0.538. The second-order valence-corrected chi connectivity index (χ2v) is 8.73. The molecule has 33 heavy (non-hydrogen) atoms. The molecule has 9 nitrogen and oxygen atoms in total. The van der Waals surface area contributed by atoms with E-state index in [1.807, 2.05) is 37.3 Å². The molecule has 168 valence electrons. The molecule has 0 fully saturated rings. The molecule has 0 saturated heterocycles. The zero-order valence-corrected chi connectivity index (χ0v) is 18.8. The van der Waals surface area contributed by atoms with E-state index in [2.05, 4.69) is 5.32 Å². The SMILES string of the molecule is COc1ccc2nc(-n3nc(C)c4c3NC(=O)C[C@@H]4c3ccc(OCC(N)=O)cc3)sc2c1. The number of anilines is 1. The molecule has 2 amide bonds. The molecule has 1 aliphatic rings. The minimum absolute atomic E-state index is 0.0921. The Bertz CT molecular complexity index is 1380. The number of nitrogens with one attached hydrogen (secondary N) is 1. The predicted molar refractivity (Wildman–Crippen MR) is 124 cm³/mol. The normalized spacial score (nSPS) is 15.2. The van der Waals surface area contributed by atoms with Crippen LogP contribution < -0.4 is 20.5 Å². The third-order valence-corrected chi connectivity index (χ3v) is 6.53. The number of nitrogens with zero attached hydrogens (tertiary/aromatic N) is 3. The number of primary amides is 1. The minimum Gasteiger partial charge on any atom is -0.497 e. The highest BCUT2D eigenvalue weighted by Gasteiger charge is 2.33. The van der Waals surface area contributed by atoms with E-state index < -0.39 is 5.91 Å². The molecule has 0 unspecified atom stereocenters. The van der Waals surface area contributed by atoms with Gasteiger partial charge >= 0.3 is 0 Å². The van der Waals surface area contributed by atoms with E-state index >= 15 is 0 Å². The number of benzene rings is 2. The number of aryl methyl sites for hydroxylation is 1. The van der Waals surface area contributed by atoms with Crippen LogP contribution in [0.1, 0.15) is 29.2 Å². The van der Waals surface area contributed by atoms with Gasteiger partial charge in [0.2, 0.25) is 11.0 Å². The maximum Gasteiger partial charge on any atom is 0.255 e. The first-order valence-electron chi connectivity index (χ1n) is 10.3. The molecule has 0 aliphatic carbocycles. The van der Waals surface area contributed by atoms with Gasteiger partial charge < -0.3 is 20.5 Å². The first kappa shape index (κ1) is 21.0. The zero-order valence-electron chi connectivity index (χ0n) is 18.0. The number of thiazole rings is 1. The first-order chi connectivity index (χ1) is 15.9. The standard InChI is InChI=1S/C23H21N5O4S/c1-12-21-16(13-3-5-14(6-4-13)32-11-19(24)29)10-20(30)26-22(21)28(27-12)23-25-17-8-7-15(31-2)9-18(17)33-23/h3-9,16H,10-11H2,1-2H3,(H2,24,29)(H,26,30)/t16-/m1/s1. The van der Waals surface area contributed by atoms with Crippen LogP contribution in [0, 0.1) is 6.92 Å². The lowest BCUT2D eigenvalue weighted by Crippen LogP contribution is -2.25. The summed E-state index contributed by atoms with van der Waals surface area (Å²) in [7, 11) is 1.63. The maximum atomic E-state index is 12.6. The Morgan fingerprint density at radius 1 is 1.24 bits per heavy atom. The van der Waals surface area contributed by atoms with Gasteiger partial charge in [-0.3, -0.25) is 9.59 Å². The van der Waals surface area contributed by atoms with Crippen molar-refractivity contribution in [2.75, 3.05) is 19.0 Å². The lowest BCUT2D eigenvalue weighted by molar-refractivity contribution is -0.120. The Morgan fingerprint density at radius 2 is 2.00 bits per heavy atom. The first-order valence-corrected chi connectivity index (χ1v) is 11.1. The van der Waals surface area contributed by atoms with Crippen molar-refractivity contribution in [1.82, 2.24) is 14.8 Å². The monoisotopic (exact) mass is 463 g/mol. The fourth-order valence-electron chi connectivity index (χ4n) is 4.03. The van der Waals surface area contributed by atoms with Gasteiger partial charge in [0.25, 0.3) is 5.91 Å². The number of amides is 2. The average Bonchev–Trinajstić information content (AvgIpc) is 3.37. The van der Waals surface area contributed by atoms with Gasteiger partial charge in [0, 0.05) is 17.9 Å². The Hall–Kier alpha value is -3.92. The van der Waals surface area contributed by atoms with E-state index in [0.29, 0.717) is 23.1 Å². The van der Waals surface area contributed by atoms with Crippen molar-refractivity contribution in [2.45, 2.75) is 19.3 Å². The molecular weight excluding hydrogens is 442 g/mol. The van der Waals surface area contributed by atoms with Crippen LogP contribution in [0.4, 0.5) is 5.82 Å². The van der Waals surface area contributed by atoms with Crippen LogP contribution >= 0.6 is 11.3 Å². The lowest BCUT2D eigenvalue weighted by Gasteiger charge is -2.24. The molecular formula is C23H21N5O4S. The van der Waals surface area contributed by atoms with E-state index in [9.17, 15) is 9.59 Å². The highest BCUT2D eigenvalue weighted by molar-refractivity contribution is 7.20. The van der Waals surface area contributed by atoms with E-state index in [-0.39, 0.29) is 18.4 Å². The van der Waals surface area contributed by atoms with Gasteiger partial charge in [0.05, 0.1) is 23.0 Å². The van der Waals surface area contributed by atoms with Gasteiger partial charge in [-0.1, -0.05) is 23.5 Å². The van der Waals surface area contributed by atoms with E-state index in [4.69, 9.17) is 25.3 Å². The summed E-state index contributed by atoms with van der Waals surface area (Å²) in [6.07, 6.45) is 0.304.